The van der Waals surface area contributed by atoms with E-state index in [0.717, 1.165) is 0 Å². The minimum atomic E-state index is -0.480. The lowest BCUT2D eigenvalue weighted by atomic mass is 10.1. The smallest absolute Gasteiger partial charge is 0.353 e. The molecule has 0 saturated carbocycles. The molecule has 26 heavy (non-hydrogen) atoms. The Balaban J connectivity index is 1.59. The maximum absolute atomic E-state index is 13.8. The molecule has 0 aliphatic carbocycles. The Labute approximate surface area is 152 Å². The summed E-state index contributed by atoms with van der Waals surface area (Å²) in [7, 11) is 0. The fourth-order valence-corrected chi connectivity index (χ4v) is 3.11. The molecule has 2 heterocycles. The van der Waals surface area contributed by atoms with Gasteiger partial charge in [-0.2, -0.15) is 0 Å². The van der Waals surface area contributed by atoms with E-state index in [1.165, 1.54) is 41.7 Å². The Morgan fingerprint density at radius 2 is 1.96 bits per heavy atom. The largest absolute Gasteiger partial charge is 0.452 e. The zero-order chi connectivity index (χ0) is 18.1. The zero-order valence-electron chi connectivity index (χ0n) is 13.3. The molecule has 3 aromatic rings. The second kappa shape index (κ2) is 6.57. The Kier molecular flexibility index (Phi) is 4.10. The highest BCUT2D eigenvalue weighted by atomic mass is 32.1. The fourth-order valence-electron chi connectivity index (χ4n) is 2.52. The van der Waals surface area contributed by atoms with Gasteiger partial charge in [-0.1, -0.05) is 24.3 Å². The molecule has 0 unspecified atom stereocenters. The van der Waals surface area contributed by atoms with E-state index in [4.69, 9.17) is 9.47 Å². The number of thiophene rings is 1. The van der Waals surface area contributed by atoms with Gasteiger partial charge in [0.25, 0.3) is 0 Å². The topological polar surface area (TPSA) is 52.6 Å². The highest BCUT2D eigenvalue weighted by Gasteiger charge is 2.28. The van der Waals surface area contributed by atoms with Crippen LogP contribution in [0.2, 0.25) is 0 Å². The summed E-state index contributed by atoms with van der Waals surface area (Å²) >= 11 is 1.27. The van der Waals surface area contributed by atoms with E-state index in [0.29, 0.717) is 10.4 Å². The van der Waals surface area contributed by atoms with Gasteiger partial charge in [-0.05, 0) is 35.7 Å². The second-order valence-corrected chi connectivity index (χ2v) is 6.43. The summed E-state index contributed by atoms with van der Waals surface area (Å²) in [5.74, 6) is -0.716. The predicted molar refractivity (Wildman–Crippen MR) is 95.1 cm³/mol. The van der Waals surface area contributed by atoms with Crippen LogP contribution in [-0.2, 0) is 0 Å². The van der Waals surface area contributed by atoms with Crippen LogP contribution in [0.3, 0.4) is 0 Å². The zero-order valence-corrected chi connectivity index (χ0v) is 14.1. The second-order valence-electron chi connectivity index (χ2n) is 5.49. The number of ether oxygens (including phenoxy) is 2. The van der Waals surface area contributed by atoms with Gasteiger partial charge >= 0.3 is 5.97 Å². The van der Waals surface area contributed by atoms with E-state index in [2.05, 4.69) is 0 Å². The van der Waals surface area contributed by atoms with Gasteiger partial charge in [0.15, 0.2) is 5.76 Å². The van der Waals surface area contributed by atoms with Gasteiger partial charge in [0.2, 0.25) is 5.78 Å². The van der Waals surface area contributed by atoms with E-state index in [-0.39, 0.29) is 28.6 Å². The molecule has 1 aromatic heterocycles. The number of carbonyl (C=O) groups excluding carboxylic acids is 2. The number of halogens is 1. The Hall–Kier alpha value is -3.25. The highest BCUT2D eigenvalue weighted by molar-refractivity contribution is 7.12. The first-order valence-corrected chi connectivity index (χ1v) is 8.58. The lowest BCUT2D eigenvalue weighted by molar-refractivity contribution is 0.0739. The van der Waals surface area contributed by atoms with Gasteiger partial charge in [0.1, 0.15) is 22.2 Å². The molecule has 0 amide bonds. The van der Waals surface area contributed by atoms with Crippen molar-refractivity contribution in [1.82, 2.24) is 0 Å². The molecule has 0 spiro atoms. The summed E-state index contributed by atoms with van der Waals surface area (Å²) in [5.41, 5.74) is 0.594. The molecule has 4 rings (SSSR count). The average Bonchev–Trinajstić information content (AvgIpc) is 3.26. The van der Waals surface area contributed by atoms with Gasteiger partial charge in [0, 0.05) is 11.6 Å². The van der Waals surface area contributed by atoms with Crippen LogP contribution < -0.4 is 9.47 Å². The molecule has 0 radical (unpaired) electrons. The molecule has 0 saturated heterocycles. The van der Waals surface area contributed by atoms with E-state index in [1.54, 1.807) is 35.7 Å². The first-order valence-electron chi connectivity index (χ1n) is 7.70. The van der Waals surface area contributed by atoms with Crippen molar-refractivity contribution in [3.05, 3.63) is 87.6 Å². The first kappa shape index (κ1) is 16.2. The van der Waals surface area contributed by atoms with Crippen LogP contribution >= 0.6 is 11.3 Å². The predicted octanol–water partition coefficient (Wildman–Crippen LogP) is 4.72. The quantitative estimate of drug-likeness (QED) is 0.382. The van der Waals surface area contributed by atoms with Crippen LogP contribution in [0.4, 0.5) is 4.39 Å². The molecule has 0 fully saturated rings. The molecular formula is C20H11FO4S. The summed E-state index contributed by atoms with van der Waals surface area (Å²) in [4.78, 5) is 24.9. The van der Waals surface area contributed by atoms with Crippen LogP contribution in [0.5, 0.6) is 11.5 Å². The highest BCUT2D eigenvalue weighted by Crippen LogP contribution is 2.35. The maximum atomic E-state index is 13.8. The normalized spacial score (nSPS) is 14.2. The van der Waals surface area contributed by atoms with Crippen LogP contribution in [0.15, 0.2) is 65.7 Å². The van der Waals surface area contributed by atoms with Crippen LogP contribution in [0.25, 0.3) is 6.08 Å². The van der Waals surface area contributed by atoms with Gasteiger partial charge in [-0.15, -0.1) is 11.3 Å². The summed E-state index contributed by atoms with van der Waals surface area (Å²) < 4.78 is 24.6. The third-order valence-electron chi connectivity index (χ3n) is 3.77. The van der Waals surface area contributed by atoms with E-state index < -0.39 is 11.8 Å². The number of rotatable bonds is 3. The van der Waals surface area contributed by atoms with Gasteiger partial charge in [-0.3, -0.25) is 4.79 Å². The number of Topliss-reactive ketones (excluding diaryl/α,β-unsaturated/α-hetero) is 1. The number of hydrogen-bond donors (Lipinski definition) is 0. The van der Waals surface area contributed by atoms with Crippen LogP contribution in [0.1, 0.15) is 25.6 Å². The van der Waals surface area contributed by atoms with Crippen LogP contribution in [-0.4, -0.2) is 11.8 Å². The number of allylic oxidation sites excluding steroid dienone is 1. The molecule has 0 bridgehead atoms. The fraction of sp³-hybridized carbons (Fsp3) is 0. The molecule has 128 valence electrons. The van der Waals surface area contributed by atoms with E-state index >= 15 is 0 Å². The third kappa shape index (κ3) is 3.02. The monoisotopic (exact) mass is 366 g/mol. The number of fused-ring (bicyclic) bond motifs is 1. The molecule has 4 nitrogen and oxygen atoms in total. The number of carbonyl (C=O) groups is 2. The van der Waals surface area contributed by atoms with Gasteiger partial charge in [0.05, 0.1) is 5.56 Å². The minimum absolute atomic E-state index is 0.0202. The van der Waals surface area contributed by atoms with Crippen molar-refractivity contribution >= 4 is 29.2 Å². The minimum Gasteiger partial charge on any atom is -0.452 e. The van der Waals surface area contributed by atoms with Crippen molar-refractivity contribution in [3.63, 3.8) is 0 Å². The standard InChI is InChI=1S/C20H11FO4S/c21-15-5-2-1-4-12(15)10-17-19(22)14-8-7-13(11-16(14)25-17)24-20(23)18-6-3-9-26-18/h1-11H. The maximum Gasteiger partial charge on any atom is 0.353 e. The number of ketones is 1. The SMILES string of the molecule is O=C(Oc1ccc2c(c1)OC(=Cc1ccccc1F)C2=O)c1cccs1. The van der Waals surface area contributed by atoms with Crippen molar-refractivity contribution in [2.24, 2.45) is 0 Å². The summed E-state index contributed by atoms with van der Waals surface area (Å²) in [6.45, 7) is 0. The molecule has 2 aromatic carbocycles. The lowest BCUT2D eigenvalue weighted by Gasteiger charge is -2.04. The Morgan fingerprint density at radius 3 is 2.73 bits per heavy atom. The number of hydrogen-bond acceptors (Lipinski definition) is 5. The van der Waals surface area contributed by atoms with E-state index in [9.17, 15) is 14.0 Å². The molecule has 6 heteroatoms. The lowest BCUT2D eigenvalue weighted by Crippen LogP contribution is -2.06. The Morgan fingerprint density at radius 1 is 1.12 bits per heavy atom. The van der Waals surface area contributed by atoms with Crippen LogP contribution in [0, 0.1) is 5.82 Å². The number of esters is 1. The average molecular weight is 366 g/mol. The van der Waals surface area contributed by atoms with Crippen molar-refractivity contribution in [2.45, 2.75) is 0 Å². The van der Waals surface area contributed by atoms with Gasteiger partial charge < -0.3 is 9.47 Å². The molecule has 0 N–H and O–H groups in total. The van der Waals surface area contributed by atoms with Gasteiger partial charge in [-0.25, -0.2) is 9.18 Å². The third-order valence-corrected chi connectivity index (χ3v) is 4.62. The molecule has 0 atom stereocenters. The first-order chi connectivity index (χ1) is 12.6. The summed E-state index contributed by atoms with van der Waals surface area (Å²) in [6, 6.07) is 14.0. The van der Waals surface area contributed by atoms with Crippen molar-refractivity contribution in [1.29, 1.82) is 0 Å². The van der Waals surface area contributed by atoms with Crippen molar-refractivity contribution in [3.8, 4) is 11.5 Å². The Bertz CT molecular complexity index is 1040. The van der Waals surface area contributed by atoms with Crippen molar-refractivity contribution < 1.29 is 23.5 Å². The molecular weight excluding hydrogens is 355 g/mol. The molecule has 1 aliphatic rings. The van der Waals surface area contributed by atoms with E-state index in [1.807, 2.05) is 0 Å². The summed E-state index contributed by atoms with van der Waals surface area (Å²) in [5, 5.41) is 1.78. The molecule has 1 aliphatic heterocycles. The van der Waals surface area contributed by atoms with Crippen molar-refractivity contribution in [2.75, 3.05) is 0 Å². The number of benzene rings is 2. The summed E-state index contributed by atoms with van der Waals surface area (Å²) in [6.07, 6.45) is 1.36.